The zero-order valence-electron chi connectivity index (χ0n) is 10.3. The van der Waals surface area contributed by atoms with Gasteiger partial charge in [0.25, 0.3) is 0 Å². The number of hydrogen-bond donors (Lipinski definition) is 2. The van der Waals surface area contributed by atoms with Crippen molar-refractivity contribution >= 4 is 5.91 Å². The summed E-state index contributed by atoms with van der Waals surface area (Å²) in [5.74, 6) is 0.138. The molecule has 0 aromatic rings. The number of hydrogen-bond acceptors (Lipinski definition) is 3. The number of methoxy groups -OCH3 is 1. The second-order valence-corrected chi connectivity index (χ2v) is 4.74. The minimum absolute atomic E-state index is 0.0309. The van der Waals surface area contributed by atoms with Crippen molar-refractivity contribution in [3.05, 3.63) is 0 Å². The third-order valence-electron chi connectivity index (χ3n) is 2.49. The van der Waals surface area contributed by atoms with E-state index in [-0.39, 0.29) is 24.5 Å². The molecule has 15 heavy (non-hydrogen) atoms. The van der Waals surface area contributed by atoms with Crippen molar-refractivity contribution in [2.45, 2.75) is 45.8 Å². The largest absolute Gasteiger partial charge is 0.394 e. The van der Waals surface area contributed by atoms with Crippen LogP contribution in [0.5, 0.6) is 0 Å². The van der Waals surface area contributed by atoms with Crippen molar-refractivity contribution in [3.8, 4) is 0 Å². The second-order valence-electron chi connectivity index (χ2n) is 4.74. The van der Waals surface area contributed by atoms with E-state index in [1.54, 1.807) is 7.11 Å². The van der Waals surface area contributed by atoms with Crippen LogP contribution in [0.15, 0.2) is 0 Å². The van der Waals surface area contributed by atoms with Crippen LogP contribution < -0.4 is 5.32 Å². The lowest BCUT2D eigenvalue weighted by molar-refractivity contribution is -0.127. The van der Waals surface area contributed by atoms with Crippen LogP contribution in [0.25, 0.3) is 0 Å². The summed E-state index contributed by atoms with van der Waals surface area (Å²) in [5, 5.41) is 11.8. The number of aliphatic hydroxyl groups is 1. The van der Waals surface area contributed by atoms with E-state index in [9.17, 15) is 4.79 Å². The molecule has 0 aliphatic heterocycles. The van der Waals surface area contributed by atoms with Gasteiger partial charge in [-0.2, -0.15) is 0 Å². The molecule has 2 N–H and O–H groups in total. The first-order chi connectivity index (χ1) is 6.82. The monoisotopic (exact) mass is 217 g/mol. The molecule has 0 heterocycles. The third-order valence-corrected chi connectivity index (χ3v) is 2.49. The number of nitrogens with one attached hydrogen (secondary N) is 1. The Morgan fingerprint density at radius 3 is 2.33 bits per heavy atom. The molecule has 1 amide bonds. The maximum Gasteiger partial charge on any atom is 0.223 e. The van der Waals surface area contributed by atoms with Crippen LogP contribution in [0.2, 0.25) is 0 Å². The molecule has 4 nitrogen and oxygen atoms in total. The molecule has 0 saturated carbocycles. The lowest BCUT2D eigenvalue weighted by atomic mass is 10.0. The van der Waals surface area contributed by atoms with Crippen molar-refractivity contribution in [2.75, 3.05) is 13.7 Å². The Bertz CT molecular complexity index is 202. The lowest BCUT2D eigenvalue weighted by Gasteiger charge is -2.25. The van der Waals surface area contributed by atoms with Crippen molar-refractivity contribution in [1.29, 1.82) is 0 Å². The van der Waals surface area contributed by atoms with Gasteiger partial charge in [0.15, 0.2) is 0 Å². The number of carbonyl (C=O) groups excluding carboxylic acids is 1. The van der Waals surface area contributed by atoms with Crippen LogP contribution in [-0.2, 0) is 9.53 Å². The second kappa shape index (κ2) is 6.08. The van der Waals surface area contributed by atoms with E-state index >= 15 is 0 Å². The van der Waals surface area contributed by atoms with E-state index in [2.05, 4.69) is 5.32 Å². The maximum atomic E-state index is 11.6. The fourth-order valence-corrected chi connectivity index (χ4v) is 1.14. The highest BCUT2D eigenvalue weighted by Crippen LogP contribution is 2.13. The zero-order chi connectivity index (χ0) is 12.1. The number of rotatable bonds is 6. The average Bonchev–Trinajstić information content (AvgIpc) is 2.13. The average molecular weight is 217 g/mol. The van der Waals surface area contributed by atoms with Gasteiger partial charge in [-0.15, -0.1) is 0 Å². The topological polar surface area (TPSA) is 58.6 Å². The van der Waals surface area contributed by atoms with Gasteiger partial charge in [0.1, 0.15) is 0 Å². The molecule has 90 valence electrons. The van der Waals surface area contributed by atoms with Crippen LogP contribution in [0.4, 0.5) is 0 Å². The van der Waals surface area contributed by atoms with Crippen LogP contribution in [-0.4, -0.2) is 36.4 Å². The molecule has 0 unspecified atom stereocenters. The smallest absolute Gasteiger partial charge is 0.223 e. The van der Waals surface area contributed by atoms with E-state index in [1.807, 2.05) is 27.7 Å². The molecule has 0 radical (unpaired) electrons. The molecular weight excluding hydrogens is 194 g/mol. The van der Waals surface area contributed by atoms with Gasteiger partial charge in [-0.25, -0.2) is 0 Å². The van der Waals surface area contributed by atoms with Gasteiger partial charge in [0.05, 0.1) is 24.7 Å². The molecule has 0 aromatic carbocycles. The Hall–Kier alpha value is -0.610. The van der Waals surface area contributed by atoms with Crippen molar-refractivity contribution in [2.24, 2.45) is 5.92 Å². The molecule has 0 fully saturated rings. The number of ether oxygens (including phenoxy) is 1. The van der Waals surface area contributed by atoms with Crippen molar-refractivity contribution < 1.29 is 14.6 Å². The summed E-state index contributed by atoms with van der Waals surface area (Å²) in [4.78, 5) is 11.6. The summed E-state index contributed by atoms with van der Waals surface area (Å²) >= 11 is 0. The van der Waals surface area contributed by atoms with Gasteiger partial charge in [-0.05, 0) is 19.8 Å². The highest BCUT2D eigenvalue weighted by molar-refractivity contribution is 5.77. The first kappa shape index (κ1) is 14.4. The third kappa shape index (κ3) is 5.74. The first-order valence-corrected chi connectivity index (χ1v) is 5.27. The lowest BCUT2D eigenvalue weighted by Crippen LogP contribution is -2.43. The molecular formula is C11H23NO3. The van der Waals surface area contributed by atoms with E-state index in [4.69, 9.17) is 9.84 Å². The predicted molar refractivity (Wildman–Crippen MR) is 59.6 cm³/mol. The number of amides is 1. The fraction of sp³-hybridized carbons (Fsp3) is 0.909. The summed E-state index contributed by atoms with van der Waals surface area (Å²) in [5.41, 5.74) is -0.457. The maximum absolute atomic E-state index is 11.6. The minimum atomic E-state index is -0.457. The molecule has 0 saturated heterocycles. The van der Waals surface area contributed by atoms with E-state index in [1.165, 1.54) is 0 Å². The van der Waals surface area contributed by atoms with Gasteiger partial charge >= 0.3 is 0 Å². The molecule has 0 aliphatic rings. The quantitative estimate of drug-likeness (QED) is 0.696. The number of carbonyl (C=O) groups is 1. The van der Waals surface area contributed by atoms with E-state index in [0.717, 1.165) is 0 Å². The SMILES string of the molecule is COC(C)(C)CC(=O)N[C@H](CO)C(C)C. The normalized spacial score (nSPS) is 14.1. The van der Waals surface area contributed by atoms with Crippen LogP contribution >= 0.6 is 0 Å². The Kier molecular flexibility index (Phi) is 5.83. The van der Waals surface area contributed by atoms with Gasteiger partial charge in [0, 0.05) is 7.11 Å². The van der Waals surface area contributed by atoms with Gasteiger partial charge in [-0.1, -0.05) is 13.8 Å². The standard InChI is InChI=1S/C11H23NO3/c1-8(2)9(7-13)12-10(14)6-11(3,4)15-5/h8-9,13H,6-7H2,1-5H3,(H,12,14)/t9-/m1/s1. The summed E-state index contributed by atoms with van der Waals surface area (Å²) in [7, 11) is 1.58. The summed E-state index contributed by atoms with van der Waals surface area (Å²) < 4.78 is 5.16. The van der Waals surface area contributed by atoms with E-state index < -0.39 is 5.60 Å². The van der Waals surface area contributed by atoms with Crippen molar-refractivity contribution in [1.82, 2.24) is 5.32 Å². The molecule has 0 aliphatic carbocycles. The Labute approximate surface area is 92.0 Å². The van der Waals surface area contributed by atoms with Crippen LogP contribution in [0, 0.1) is 5.92 Å². The Morgan fingerprint density at radius 1 is 1.47 bits per heavy atom. The zero-order valence-corrected chi connectivity index (χ0v) is 10.3. The Balaban J connectivity index is 4.13. The molecule has 0 bridgehead atoms. The molecule has 0 rings (SSSR count). The van der Waals surface area contributed by atoms with Gasteiger partial charge in [-0.3, -0.25) is 4.79 Å². The molecule has 1 atom stereocenters. The fourth-order valence-electron chi connectivity index (χ4n) is 1.14. The minimum Gasteiger partial charge on any atom is -0.394 e. The van der Waals surface area contributed by atoms with E-state index in [0.29, 0.717) is 6.42 Å². The van der Waals surface area contributed by atoms with Crippen molar-refractivity contribution in [3.63, 3.8) is 0 Å². The predicted octanol–water partition coefficient (Wildman–Crippen LogP) is 0.935. The molecule has 0 spiro atoms. The molecule has 4 heteroatoms. The summed E-state index contributed by atoms with van der Waals surface area (Å²) in [6, 6.07) is -0.176. The highest BCUT2D eigenvalue weighted by atomic mass is 16.5. The summed E-state index contributed by atoms with van der Waals surface area (Å²) in [6.07, 6.45) is 0.298. The van der Waals surface area contributed by atoms with Gasteiger partial charge in [0.2, 0.25) is 5.91 Å². The Morgan fingerprint density at radius 2 is 2.00 bits per heavy atom. The van der Waals surface area contributed by atoms with Crippen LogP contribution in [0.3, 0.4) is 0 Å². The number of aliphatic hydroxyl groups excluding tert-OH is 1. The first-order valence-electron chi connectivity index (χ1n) is 5.27. The van der Waals surface area contributed by atoms with Crippen LogP contribution in [0.1, 0.15) is 34.1 Å². The highest BCUT2D eigenvalue weighted by Gasteiger charge is 2.23. The summed E-state index contributed by atoms with van der Waals surface area (Å²) in [6.45, 7) is 7.61. The molecule has 0 aromatic heterocycles. The van der Waals surface area contributed by atoms with Gasteiger partial charge < -0.3 is 15.2 Å².